The normalized spacial score (nSPS) is 9.84. The molecule has 3 N–H and O–H groups in total. The predicted octanol–water partition coefficient (Wildman–Crippen LogP) is 1.02. The molecule has 0 bridgehead atoms. The van der Waals surface area contributed by atoms with Gasteiger partial charge in [0, 0.05) is 12.2 Å². The quantitative estimate of drug-likeness (QED) is 0.590. The van der Waals surface area contributed by atoms with Crippen molar-refractivity contribution in [2.24, 2.45) is 5.73 Å². The van der Waals surface area contributed by atoms with Gasteiger partial charge in [0.2, 0.25) is 0 Å². The van der Waals surface area contributed by atoms with E-state index in [0.717, 1.165) is 6.42 Å². The van der Waals surface area contributed by atoms with Gasteiger partial charge in [-0.15, -0.1) is 0 Å². The SMILES string of the molecule is COC(=O)c1cc(NCCCN)cc(C(=O)OC)c1. The first kappa shape index (κ1) is 15.0. The molecule has 1 aromatic carbocycles. The second-order valence-corrected chi connectivity index (χ2v) is 3.85. The topological polar surface area (TPSA) is 90.6 Å². The fourth-order valence-electron chi connectivity index (χ4n) is 1.54. The number of carbonyl (C=O) groups is 2. The lowest BCUT2D eigenvalue weighted by Crippen LogP contribution is -2.11. The number of methoxy groups -OCH3 is 2. The van der Waals surface area contributed by atoms with E-state index in [1.54, 1.807) is 12.1 Å². The summed E-state index contributed by atoms with van der Waals surface area (Å²) in [7, 11) is 2.57. The van der Waals surface area contributed by atoms with Crippen LogP contribution in [0, 0.1) is 0 Å². The summed E-state index contributed by atoms with van der Waals surface area (Å²) in [5, 5.41) is 3.09. The lowest BCUT2D eigenvalue weighted by molar-refractivity contribution is 0.0599. The number of benzene rings is 1. The van der Waals surface area contributed by atoms with Gasteiger partial charge in [-0.25, -0.2) is 9.59 Å². The second kappa shape index (κ2) is 7.38. The molecule has 0 heterocycles. The Morgan fingerprint density at radius 2 is 1.63 bits per heavy atom. The maximum atomic E-state index is 11.5. The third-order valence-electron chi connectivity index (χ3n) is 2.49. The Morgan fingerprint density at radius 3 is 2.05 bits per heavy atom. The van der Waals surface area contributed by atoms with Gasteiger partial charge in [-0.1, -0.05) is 0 Å². The van der Waals surface area contributed by atoms with Gasteiger partial charge >= 0.3 is 11.9 Å². The van der Waals surface area contributed by atoms with E-state index in [2.05, 4.69) is 14.8 Å². The summed E-state index contributed by atoms with van der Waals surface area (Å²) in [5.74, 6) is -1.01. The molecule has 0 aromatic heterocycles. The van der Waals surface area contributed by atoms with Crippen LogP contribution in [0.25, 0.3) is 0 Å². The molecule has 0 fully saturated rings. The van der Waals surface area contributed by atoms with E-state index in [1.165, 1.54) is 20.3 Å². The van der Waals surface area contributed by atoms with E-state index in [9.17, 15) is 9.59 Å². The number of nitrogens with one attached hydrogen (secondary N) is 1. The molecule has 0 aliphatic rings. The highest BCUT2D eigenvalue weighted by Crippen LogP contribution is 2.17. The zero-order chi connectivity index (χ0) is 14.3. The highest BCUT2D eigenvalue weighted by molar-refractivity contribution is 5.96. The Bertz CT molecular complexity index is 426. The van der Waals surface area contributed by atoms with Crippen LogP contribution in [0.15, 0.2) is 18.2 Å². The van der Waals surface area contributed by atoms with E-state index in [1.807, 2.05) is 0 Å². The Balaban J connectivity index is 3.02. The highest BCUT2D eigenvalue weighted by atomic mass is 16.5. The summed E-state index contributed by atoms with van der Waals surface area (Å²) in [5.41, 5.74) is 6.64. The molecule has 6 heteroatoms. The van der Waals surface area contributed by atoms with Crippen molar-refractivity contribution in [3.8, 4) is 0 Å². The number of ether oxygens (including phenoxy) is 2. The number of anilines is 1. The number of esters is 2. The average molecular weight is 266 g/mol. The number of carbonyl (C=O) groups excluding carboxylic acids is 2. The van der Waals surface area contributed by atoms with Crippen molar-refractivity contribution < 1.29 is 19.1 Å². The highest BCUT2D eigenvalue weighted by Gasteiger charge is 2.13. The van der Waals surface area contributed by atoms with Gasteiger partial charge in [-0.2, -0.15) is 0 Å². The molecule has 104 valence electrons. The fourth-order valence-corrected chi connectivity index (χ4v) is 1.54. The maximum Gasteiger partial charge on any atom is 0.337 e. The van der Waals surface area contributed by atoms with E-state index >= 15 is 0 Å². The van der Waals surface area contributed by atoms with E-state index < -0.39 is 11.9 Å². The lowest BCUT2D eigenvalue weighted by atomic mass is 10.1. The Hall–Kier alpha value is -2.08. The van der Waals surface area contributed by atoms with Crippen molar-refractivity contribution in [3.05, 3.63) is 29.3 Å². The van der Waals surface area contributed by atoms with Crippen molar-refractivity contribution in [2.45, 2.75) is 6.42 Å². The van der Waals surface area contributed by atoms with Crippen LogP contribution in [0.1, 0.15) is 27.1 Å². The lowest BCUT2D eigenvalue weighted by Gasteiger charge is -2.09. The van der Waals surface area contributed by atoms with Gasteiger partial charge in [0.25, 0.3) is 0 Å². The molecule has 19 heavy (non-hydrogen) atoms. The van der Waals surface area contributed by atoms with Gasteiger partial charge in [-0.3, -0.25) is 0 Å². The minimum Gasteiger partial charge on any atom is -0.465 e. The molecule has 0 aliphatic heterocycles. The van der Waals surface area contributed by atoms with Crippen LogP contribution < -0.4 is 11.1 Å². The predicted molar refractivity (Wildman–Crippen MR) is 71.3 cm³/mol. The Morgan fingerprint density at radius 1 is 1.11 bits per heavy atom. The van der Waals surface area contributed by atoms with E-state index in [0.29, 0.717) is 29.9 Å². The first-order chi connectivity index (χ1) is 9.12. The van der Waals surface area contributed by atoms with Gasteiger partial charge in [-0.05, 0) is 31.2 Å². The molecule has 0 atom stereocenters. The summed E-state index contributed by atoms with van der Waals surface area (Å²) in [6.45, 7) is 1.22. The summed E-state index contributed by atoms with van der Waals surface area (Å²) in [4.78, 5) is 23.1. The van der Waals surface area contributed by atoms with Crippen molar-refractivity contribution in [1.82, 2.24) is 0 Å². The summed E-state index contributed by atoms with van der Waals surface area (Å²) in [6.07, 6.45) is 0.788. The zero-order valence-corrected chi connectivity index (χ0v) is 11.1. The van der Waals surface area contributed by atoms with Crippen LogP contribution in [0.5, 0.6) is 0 Å². The van der Waals surface area contributed by atoms with Crippen molar-refractivity contribution in [2.75, 3.05) is 32.6 Å². The van der Waals surface area contributed by atoms with Gasteiger partial charge in [0.1, 0.15) is 0 Å². The first-order valence-corrected chi connectivity index (χ1v) is 5.88. The number of rotatable bonds is 6. The minimum atomic E-state index is -0.507. The van der Waals surface area contributed by atoms with Gasteiger partial charge < -0.3 is 20.5 Å². The smallest absolute Gasteiger partial charge is 0.337 e. The Labute approximate surface area is 111 Å². The summed E-state index contributed by atoms with van der Waals surface area (Å²) < 4.78 is 9.29. The first-order valence-electron chi connectivity index (χ1n) is 5.88. The number of hydrogen-bond donors (Lipinski definition) is 2. The molecule has 6 nitrogen and oxygen atoms in total. The maximum absolute atomic E-state index is 11.5. The number of hydrogen-bond acceptors (Lipinski definition) is 6. The zero-order valence-electron chi connectivity index (χ0n) is 11.1. The molecule has 1 rings (SSSR count). The summed E-state index contributed by atoms with van der Waals surface area (Å²) >= 11 is 0. The largest absolute Gasteiger partial charge is 0.465 e. The fraction of sp³-hybridized carbons (Fsp3) is 0.385. The minimum absolute atomic E-state index is 0.292. The van der Waals surface area contributed by atoms with Crippen molar-refractivity contribution in [1.29, 1.82) is 0 Å². The summed E-state index contributed by atoms with van der Waals surface area (Å²) in [6, 6.07) is 4.68. The van der Waals surface area contributed by atoms with Crippen LogP contribution in [-0.2, 0) is 9.47 Å². The average Bonchev–Trinajstić information content (AvgIpc) is 2.45. The van der Waals surface area contributed by atoms with Crippen LogP contribution in [0.3, 0.4) is 0 Å². The van der Waals surface area contributed by atoms with E-state index in [-0.39, 0.29) is 0 Å². The molecule has 1 aromatic rings. The third kappa shape index (κ3) is 4.26. The van der Waals surface area contributed by atoms with Gasteiger partial charge in [0.05, 0.1) is 25.3 Å². The molecule has 0 aliphatic carbocycles. The van der Waals surface area contributed by atoms with Crippen molar-refractivity contribution >= 4 is 17.6 Å². The van der Waals surface area contributed by atoms with E-state index in [4.69, 9.17) is 5.73 Å². The van der Waals surface area contributed by atoms with Crippen LogP contribution in [0.2, 0.25) is 0 Å². The molecule has 0 saturated heterocycles. The monoisotopic (exact) mass is 266 g/mol. The van der Waals surface area contributed by atoms with Crippen LogP contribution >= 0.6 is 0 Å². The molecule has 0 amide bonds. The molecular formula is C13H18N2O4. The third-order valence-corrected chi connectivity index (χ3v) is 2.49. The van der Waals surface area contributed by atoms with Crippen molar-refractivity contribution in [3.63, 3.8) is 0 Å². The number of nitrogens with two attached hydrogens (primary N) is 1. The second-order valence-electron chi connectivity index (χ2n) is 3.85. The molecule has 0 saturated carbocycles. The molecule has 0 unspecified atom stereocenters. The standard InChI is InChI=1S/C13H18N2O4/c1-18-12(16)9-6-10(13(17)19-2)8-11(7-9)15-5-3-4-14/h6-8,15H,3-5,14H2,1-2H3. The van der Waals surface area contributed by atoms with Gasteiger partial charge in [0.15, 0.2) is 0 Å². The Kier molecular flexibility index (Phi) is 5.81. The van der Waals surface area contributed by atoms with Crippen LogP contribution in [0.4, 0.5) is 5.69 Å². The van der Waals surface area contributed by atoms with Crippen LogP contribution in [-0.4, -0.2) is 39.2 Å². The molecule has 0 radical (unpaired) electrons. The molecular weight excluding hydrogens is 248 g/mol. The molecule has 0 spiro atoms.